The number of rotatable bonds is 1. The van der Waals surface area contributed by atoms with Gasteiger partial charge in [0.05, 0.1) is 12.2 Å². The molecule has 2 saturated heterocycles. The minimum atomic E-state index is 0.0763. The molecule has 0 radical (unpaired) electrons. The van der Waals surface area contributed by atoms with E-state index >= 15 is 0 Å². The highest BCUT2D eigenvalue weighted by Gasteiger charge is 2.45. The molecule has 0 aromatic rings. The van der Waals surface area contributed by atoms with Crippen molar-refractivity contribution in [3.8, 4) is 0 Å². The molecule has 0 aromatic heterocycles. The topological polar surface area (TPSA) is 38.3 Å². The Morgan fingerprint density at radius 2 is 2.19 bits per heavy atom. The Hall–Kier alpha value is -0.830. The van der Waals surface area contributed by atoms with Gasteiger partial charge >= 0.3 is 0 Å². The van der Waals surface area contributed by atoms with Crippen molar-refractivity contribution < 1.29 is 9.53 Å². The molecule has 0 amide bonds. The first-order chi connectivity index (χ1) is 7.79. The lowest BCUT2D eigenvalue weighted by Crippen LogP contribution is -2.45. The molecule has 2 bridgehead atoms. The molecule has 3 rings (SSSR count). The molecule has 3 nitrogen and oxygen atoms in total. The van der Waals surface area contributed by atoms with Crippen LogP contribution >= 0.6 is 0 Å². The molecule has 3 aliphatic rings. The number of carbonyl (C=O) groups is 1. The fourth-order valence-electron chi connectivity index (χ4n) is 3.37. The van der Waals surface area contributed by atoms with Gasteiger partial charge in [-0.3, -0.25) is 4.79 Å². The number of hydrogen-bond donors (Lipinski definition) is 1. The summed E-state index contributed by atoms with van der Waals surface area (Å²) in [6.45, 7) is 2.02. The van der Waals surface area contributed by atoms with Crippen molar-refractivity contribution in [2.75, 3.05) is 0 Å². The fourth-order valence-corrected chi connectivity index (χ4v) is 3.37. The van der Waals surface area contributed by atoms with Crippen LogP contribution in [0.4, 0.5) is 0 Å². The second-order valence-electron chi connectivity index (χ2n) is 5.19. The number of ketones is 1. The highest BCUT2D eigenvalue weighted by Crippen LogP contribution is 2.36. The third-order valence-corrected chi connectivity index (χ3v) is 4.29. The van der Waals surface area contributed by atoms with Gasteiger partial charge in [0.25, 0.3) is 0 Å². The molecular formula is C13H19NO2. The number of ether oxygens (including phenoxy) is 1. The lowest BCUT2D eigenvalue weighted by molar-refractivity contribution is -0.126. The average molecular weight is 221 g/mol. The van der Waals surface area contributed by atoms with Crippen molar-refractivity contribution in [3.63, 3.8) is 0 Å². The van der Waals surface area contributed by atoms with Gasteiger partial charge in [-0.15, -0.1) is 0 Å². The standard InChI is InChI=1S/C13H19NO2/c1-2-8-7-16-11-6-4-9-3-5-10(14-9)12(11)13(8)15/h7,9-12,14H,2-6H2,1H3/t9-,10+,11-,12-/m1/s1. The van der Waals surface area contributed by atoms with E-state index in [2.05, 4.69) is 5.32 Å². The van der Waals surface area contributed by atoms with Gasteiger partial charge in [0.2, 0.25) is 0 Å². The molecule has 2 fully saturated rings. The molecule has 4 atom stereocenters. The van der Waals surface area contributed by atoms with Crippen molar-refractivity contribution in [1.29, 1.82) is 0 Å². The Balaban J connectivity index is 1.89. The molecule has 1 N–H and O–H groups in total. The number of hydrogen-bond acceptors (Lipinski definition) is 3. The summed E-state index contributed by atoms with van der Waals surface area (Å²) in [4.78, 5) is 12.3. The van der Waals surface area contributed by atoms with E-state index in [1.54, 1.807) is 6.26 Å². The van der Waals surface area contributed by atoms with Crippen molar-refractivity contribution in [2.24, 2.45) is 5.92 Å². The maximum atomic E-state index is 12.3. The Labute approximate surface area is 96.2 Å². The van der Waals surface area contributed by atoms with Crippen molar-refractivity contribution in [1.82, 2.24) is 5.32 Å². The molecule has 3 heteroatoms. The SMILES string of the molecule is CCC1=CO[C@@H]2CC[C@H]3CC[C@H](N3)[C@H]2C1=O. The van der Waals surface area contributed by atoms with Gasteiger partial charge in [0, 0.05) is 17.7 Å². The van der Waals surface area contributed by atoms with Crippen molar-refractivity contribution in [3.05, 3.63) is 11.8 Å². The zero-order valence-corrected chi connectivity index (χ0v) is 9.74. The number of allylic oxidation sites excluding steroid dienone is 1. The van der Waals surface area contributed by atoms with Crippen LogP contribution < -0.4 is 5.32 Å². The first kappa shape index (κ1) is 10.3. The van der Waals surface area contributed by atoms with E-state index in [1.807, 2.05) is 6.92 Å². The summed E-state index contributed by atoms with van der Waals surface area (Å²) >= 11 is 0. The Kier molecular flexibility index (Phi) is 2.51. The Morgan fingerprint density at radius 3 is 3.00 bits per heavy atom. The lowest BCUT2D eigenvalue weighted by atomic mass is 9.81. The van der Waals surface area contributed by atoms with E-state index in [9.17, 15) is 4.79 Å². The number of Topliss-reactive ketones (excluding diaryl/α,β-unsaturated/α-hetero) is 1. The van der Waals surface area contributed by atoms with Crippen LogP contribution in [0.2, 0.25) is 0 Å². The van der Waals surface area contributed by atoms with Gasteiger partial charge < -0.3 is 10.1 Å². The third kappa shape index (κ3) is 1.49. The first-order valence-electron chi connectivity index (χ1n) is 6.44. The largest absolute Gasteiger partial charge is 0.497 e. The quantitative estimate of drug-likeness (QED) is 0.733. The molecule has 88 valence electrons. The second kappa shape index (κ2) is 3.88. The summed E-state index contributed by atoms with van der Waals surface area (Å²) in [5.74, 6) is 0.409. The number of nitrogens with one attached hydrogen (secondary N) is 1. The van der Waals surface area contributed by atoms with E-state index in [-0.39, 0.29) is 12.0 Å². The zero-order chi connectivity index (χ0) is 11.1. The summed E-state index contributed by atoms with van der Waals surface area (Å²) in [7, 11) is 0. The van der Waals surface area contributed by atoms with E-state index in [4.69, 9.17) is 4.74 Å². The van der Waals surface area contributed by atoms with Crippen LogP contribution in [0.15, 0.2) is 11.8 Å². The normalized spacial score (nSPS) is 42.1. The summed E-state index contributed by atoms with van der Waals surface area (Å²) in [6, 6.07) is 0.984. The second-order valence-corrected chi connectivity index (χ2v) is 5.19. The van der Waals surface area contributed by atoms with Gasteiger partial charge in [-0.25, -0.2) is 0 Å². The summed E-state index contributed by atoms with van der Waals surface area (Å²) in [5.41, 5.74) is 0.869. The Morgan fingerprint density at radius 1 is 1.38 bits per heavy atom. The fraction of sp³-hybridized carbons (Fsp3) is 0.769. The minimum Gasteiger partial charge on any atom is -0.497 e. The predicted molar refractivity (Wildman–Crippen MR) is 60.9 cm³/mol. The van der Waals surface area contributed by atoms with Crippen molar-refractivity contribution >= 4 is 5.78 Å². The van der Waals surface area contributed by atoms with E-state index in [0.717, 1.165) is 31.3 Å². The van der Waals surface area contributed by atoms with Crippen LogP contribution in [0.3, 0.4) is 0 Å². The molecule has 0 aliphatic carbocycles. The number of carbonyl (C=O) groups excluding carboxylic acids is 1. The monoisotopic (exact) mass is 221 g/mol. The predicted octanol–water partition coefficient (Wildman–Crippen LogP) is 1.78. The van der Waals surface area contributed by atoms with Crippen LogP contribution in [0.1, 0.15) is 39.0 Å². The van der Waals surface area contributed by atoms with E-state index < -0.39 is 0 Å². The average Bonchev–Trinajstić information content (AvgIpc) is 2.65. The third-order valence-electron chi connectivity index (χ3n) is 4.29. The summed E-state index contributed by atoms with van der Waals surface area (Å²) < 4.78 is 5.77. The van der Waals surface area contributed by atoms with Gasteiger partial charge in [0.1, 0.15) is 6.10 Å². The molecule has 3 heterocycles. The highest BCUT2D eigenvalue weighted by molar-refractivity contribution is 5.98. The Bertz CT molecular complexity index is 337. The molecule has 16 heavy (non-hydrogen) atoms. The van der Waals surface area contributed by atoms with Crippen LogP contribution in [-0.2, 0) is 9.53 Å². The molecule has 0 spiro atoms. The van der Waals surface area contributed by atoms with Gasteiger partial charge in [-0.05, 0) is 32.1 Å². The molecule has 0 aromatic carbocycles. The van der Waals surface area contributed by atoms with Gasteiger partial charge in [0.15, 0.2) is 5.78 Å². The highest BCUT2D eigenvalue weighted by atomic mass is 16.5. The van der Waals surface area contributed by atoms with Crippen LogP contribution in [-0.4, -0.2) is 24.0 Å². The zero-order valence-electron chi connectivity index (χ0n) is 9.74. The lowest BCUT2D eigenvalue weighted by Gasteiger charge is -2.32. The van der Waals surface area contributed by atoms with Gasteiger partial charge in [-0.1, -0.05) is 6.92 Å². The summed E-state index contributed by atoms with van der Waals surface area (Å²) in [5, 5.41) is 3.60. The number of fused-ring (bicyclic) bond motifs is 4. The minimum absolute atomic E-state index is 0.0763. The smallest absolute Gasteiger partial charge is 0.170 e. The maximum absolute atomic E-state index is 12.3. The molecule has 0 unspecified atom stereocenters. The van der Waals surface area contributed by atoms with Crippen LogP contribution in [0, 0.1) is 5.92 Å². The molecule has 0 saturated carbocycles. The van der Waals surface area contributed by atoms with Crippen LogP contribution in [0.25, 0.3) is 0 Å². The summed E-state index contributed by atoms with van der Waals surface area (Å²) in [6.07, 6.45) is 7.18. The van der Waals surface area contributed by atoms with E-state index in [1.165, 1.54) is 6.42 Å². The van der Waals surface area contributed by atoms with Gasteiger partial charge in [-0.2, -0.15) is 0 Å². The maximum Gasteiger partial charge on any atom is 0.170 e. The van der Waals surface area contributed by atoms with Crippen LogP contribution in [0.5, 0.6) is 0 Å². The van der Waals surface area contributed by atoms with E-state index in [0.29, 0.717) is 17.9 Å². The molecule has 3 aliphatic heterocycles. The first-order valence-corrected chi connectivity index (χ1v) is 6.44. The molecular weight excluding hydrogens is 202 g/mol. The van der Waals surface area contributed by atoms with Crippen molar-refractivity contribution in [2.45, 2.75) is 57.2 Å².